The van der Waals surface area contributed by atoms with Crippen molar-refractivity contribution in [3.63, 3.8) is 0 Å². The lowest BCUT2D eigenvalue weighted by Gasteiger charge is -2.34. The maximum Gasteiger partial charge on any atom is 0.230 e. The molecule has 0 saturated carbocycles. The lowest BCUT2D eigenvalue weighted by Crippen LogP contribution is -2.43. The third-order valence-electron chi connectivity index (χ3n) is 4.15. The molecule has 1 fully saturated rings. The number of aromatic nitrogens is 3. The van der Waals surface area contributed by atoms with Crippen LogP contribution in [-0.2, 0) is 4.79 Å². The number of piperidine rings is 1. The van der Waals surface area contributed by atoms with Gasteiger partial charge in [0.2, 0.25) is 17.6 Å². The van der Waals surface area contributed by atoms with Crippen molar-refractivity contribution in [2.24, 2.45) is 5.41 Å². The monoisotopic (exact) mass is 314 g/mol. The van der Waals surface area contributed by atoms with Gasteiger partial charge in [-0.25, -0.2) is 0 Å². The molecule has 3 rings (SSSR count). The highest BCUT2D eigenvalue weighted by atomic mass is 16.5. The van der Waals surface area contributed by atoms with Gasteiger partial charge >= 0.3 is 0 Å². The molecule has 2 aromatic rings. The van der Waals surface area contributed by atoms with E-state index in [-0.39, 0.29) is 17.2 Å². The summed E-state index contributed by atoms with van der Waals surface area (Å²) in [6, 6.07) is 3.72. The molecule has 0 aliphatic carbocycles. The molecule has 122 valence electrons. The van der Waals surface area contributed by atoms with E-state index in [0.29, 0.717) is 11.7 Å². The van der Waals surface area contributed by atoms with Gasteiger partial charge < -0.3 is 9.42 Å². The number of amides is 1. The summed E-state index contributed by atoms with van der Waals surface area (Å²) < 4.78 is 5.44. The number of hydrogen-bond donors (Lipinski definition) is 0. The van der Waals surface area contributed by atoms with Gasteiger partial charge in [-0.1, -0.05) is 25.9 Å². The SMILES string of the molecule is CC(C)(C)C(=O)N1CCC(c2nc(-c3ccncc3)no2)CC1. The molecule has 2 aromatic heterocycles. The Kier molecular flexibility index (Phi) is 4.15. The fourth-order valence-electron chi connectivity index (χ4n) is 2.82. The van der Waals surface area contributed by atoms with Crippen LogP contribution in [0.15, 0.2) is 29.0 Å². The van der Waals surface area contributed by atoms with Gasteiger partial charge in [-0.3, -0.25) is 9.78 Å². The minimum Gasteiger partial charge on any atom is -0.342 e. The molecule has 6 nitrogen and oxygen atoms in total. The second kappa shape index (κ2) is 6.10. The van der Waals surface area contributed by atoms with Crippen LogP contribution in [0.1, 0.15) is 45.4 Å². The van der Waals surface area contributed by atoms with E-state index in [0.717, 1.165) is 31.5 Å². The Hall–Kier alpha value is -2.24. The van der Waals surface area contributed by atoms with Crippen molar-refractivity contribution < 1.29 is 9.32 Å². The lowest BCUT2D eigenvalue weighted by atomic mass is 9.91. The van der Waals surface area contributed by atoms with Crippen molar-refractivity contribution in [1.82, 2.24) is 20.0 Å². The third kappa shape index (κ3) is 3.41. The van der Waals surface area contributed by atoms with Gasteiger partial charge in [0, 0.05) is 42.4 Å². The standard InChI is InChI=1S/C17H22N4O2/c1-17(2,3)16(22)21-10-6-13(7-11-21)15-19-14(20-23-15)12-4-8-18-9-5-12/h4-5,8-9,13H,6-7,10-11H2,1-3H3. The molecule has 0 bridgehead atoms. The van der Waals surface area contributed by atoms with Gasteiger partial charge in [0.1, 0.15) is 0 Å². The average Bonchev–Trinajstić information content (AvgIpc) is 3.04. The number of rotatable bonds is 2. The Bertz CT molecular complexity index is 667. The van der Waals surface area contributed by atoms with E-state index >= 15 is 0 Å². The van der Waals surface area contributed by atoms with E-state index < -0.39 is 0 Å². The maximum atomic E-state index is 12.3. The molecular weight excluding hydrogens is 292 g/mol. The van der Waals surface area contributed by atoms with Crippen molar-refractivity contribution in [2.75, 3.05) is 13.1 Å². The number of pyridine rings is 1. The molecule has 0 atom stereocenters. The molecule has 1 aliphatic rings. The zero-order valence-corrected chi connectivity index (χ0v) is 13.8. The van der Waals surface area contributed by atoms with Gasteiger partial charge in [-0.15, -0.1) is 0 Å². The highest BCUT2D eigenvalue weighted by molar-refractivity contribution is 5.81. The summed E-state index contributed by atoms with van der Waals surface area (Å²) in [5.41, 5.74) is 0.571. The molecule has 3 heterocycles. The Balaban J connectivity index is 1.65. The minimum absolute atomic E-state index is 0.207. The third-order valence-corrected chi connectivity index (χ3v) is 4.15. The van der Waals surface area contributed by atoms with Crippen LogP contribution < -0.4 is 0 Å². The van der Waals surface area contributed by atoms with Crippen LogP contribution in [0.5, 0.6) is 0 Å². The van der Waals surface area contributed by atoms with Crippen LogP contribution in [0.3, 0.4) is 0 Å². The Morgan fingerprint density at radius 2 is 1.87 bits per heavy atom. The number of hydrogen-bond acceptors (Lipinski definition) is 5. The summed E-state index contributed by atoms with van der Waals surface area (Å²) in [5.74, 6) is 1.69. The predicted molar refractivity (Wildman–Crippen MR) is 85.5 cm³/mol. The molecular formula is C17H22N4O2. The zero-order valence-electron chi connectivity index (χ0n) is 13.8. The van der Waals surface area contributed by atoms with Gasteiger partial charge in [-0.2, -0.15) is 4.98 Å². The van der Waals surface area contributed by atoms with E-state index in [2.05, 4.69) is 15.1 Å². The lowest BCUT2D eigenvalue weighted by molar-refractivity contribution is -0.140. The second-order valence-electron chi connectivity index (χ2n) is 7.01. The van der Waals surface area contributed by atoms with Crippen LogP contribution in [-0.4, -0.2) is 39.0 Å². The molecule has 1 amide bonds. The Morgan fingerprint density at radius 3 is 2.48 bits per heavy atom. The molecule has 0 unspecified atom stereocenters. The molecule has 0 N–H and O–H groups in total. The van der Waals surface area contributed by atoms with Crippen molar-refractivity contribution in [1.29, 1.82) is 0 Å². The summed E-state index contributed by atoms with van der Waals surface area (Å²) in [5, 5.41) is 4.06. The highest BCUT2D eigenvalue weighted by Crippen LogP contribution is 2.30. The molecule has 0 radical (unpaired) electrons. The summed E-state index contributed by atoms with van der Waals surface area (Å²) in [6.07, 6.45) is 5.14. The number of carbonyl (C=O) groups is 1. The number of likely N-dealkylation sites (tertiary alicyclic amines) is 1. The van der Waals surface area contributed by atoms with Gasteiger partial charge in [0.05, 0.1) is 0 Å². The first-order chi connectivity index (χ1) is 10.9. The van der Waals surface area contributed by atoms with E-state index in [4.69, 9.17) is 4.52 Å². The number of carbonyl (C=O) groups excluding carboxylic acids is 1. The quantitative estimate of drug-likeness (QED) is 0.852. The van der Waals surface area contributed by atoms with Crippen LogP contribution >= 0.6 is 0 Å². The van der Waals surface area contributed by atoms with Crippen LogP contribution in [0.2, 0.25) is 0 Å². The van der Waals surface area contributed by atoms with Gasteiger partial charge in [-0.05, 0) is 25.0 Å². The predicted octanol–water partition coefficient (Wildman–Crippen LogP) is 2.88. The van der Waals surface area contributed by atoms with E-state index in [9.17, 15) is 4.79 Å². The van der Waals surface area contributed by atoms with E-state index in [1.54, 1.807) is 12.4 Å². The highest BCUT2D eigenvalue weighted by Gasteiger charge is 2.32. The topological polar surface area (TPSA) is 72.1 Å². The fraction of sp³-hybridized carbons (Fsp3) is 0.529. The zero-order chi connectivity index (χ0) is 16.4. The molecule has 1 saturated heterocycles. The van der Waals surface area contributed by atoms with Crippen LogP contribution in [0, 0.1) is 5.41 Å². The summed E-state index contributed by atoms with van der Waals surface area (Å²) in [6.45, 7) is 7.36. The largest absolute Gasteiger partial charge is 0.342 e. The molecule has 0 spiro atoms. The fourth-order valence-corrected chi connectivity index (χ4v) is 2.82. The Labute approximate surface area is 135 Å². The first-order valence-corrected chi connectivity index (χ1v) is 7.98. The van der Waals surface area contributed by atoms with E-state index in [1.807, 2.05) is 37.8 Å². The normalized spacial score (nSPS) is 16.6. The smallest absolute Gasteiger partial charge is 0.230 e. The van der Waals surface area contributed by atoms with Crippen LogP contribution in [0.4, 0.5) is 0 Å². The summed E-state index contributed by atoms with van der Waals surface area (Å²) in [7, 11) is 0. The molecule has 1 aliphatic heterocycles. The molecule has 6 heteroatoms. The Morgan fingerprint density at radius 1 is 1.22 bits per heavy atom. The molecule has 0 aromatic carbocycles. The van der Waals surface area contributed by atoms with Crippen molar-refractivity contribution in [3.8, 4) is 11.4 Å². The average molecular weight is 314 g/mol. The van der Waals surface area contributed by atoms with Gasteiger partial charge in [0.15, 0.2) is 0 Å². The first-order valence-electron chi connectivity index (χ1n) is 7.98. The van der Waals surface area contributed by atoms with Crippen LogP contribution in [0.25, 0.3) is 11.4 Å². The van der Waals surface area contributed by atoms with Crippen molar-refractivity contribution in [3.05, 3.63) is 30.4 Å². The van der Waals surface area contributed by atoms with Crippen molar-refractivity contribution in [2.45, 2.75) is 39.5 Å². The molecule has 23 heavy (non-hydrogen) atoms. The second-order valence-corrected chi connectivity index (χ2v) is 7.01. The van der Waals surface area contributed by atoms with Crippen molar-refractivity contribution >= 4 is 5.91 Å². The minimum atomic E-state index is -0.328. The first kappa shape index (κ1) is 15.6. The number of nitrogens with zero attached hydrogens (tertiary/aromatic N) is 4. The van der Waals surface area contributed by atoms with E-state index in [1.165, 1.54) is 0 Å². The van der Waals surface area contributed by atoms with Gasteiger partial charge in [0.25, 0.3) is 0 Å². The summed E-state index contributed by atoms with van der Waals surface area (Å²) in [4.78, 5) is 22.8. The maximum absolute atomic E-state index is 12.3. The summed E-state index contributed by atoms with van der Waals surface area (Å²) >= 11 is 0.